The molecule has 0 aromatic heterocycles. The third kappa shape index (κ3) is 3.31. The van der Waals surface area contributed by atoms with Crippen molar-refractivity contribution in [2.45, 2.75) is 19.3 Å². The summed E-state index contributed by atoms with van der Waals surface area (Å²) in [6, 6.07) is 13.5. The Hall–Kier alpha value is -3.88. The van der Waals surface area contributed by atoms with Crippen LogP contribution >= 0.6 is 0 Å². The van der Waals surface area contributed by atoms with Gasteiger partial charge >= 0.3 is 0 Å². The average molecular weight is 447 g/mol. The first-order valence-electron chi connectivity index (χ1n) is 10.9. The third-order valence-electron chi connectivity index (χ3n) is 7.10. The topological polar surface area (TPSA) is 118 Å². The molecule has 4 atom stereocenters. The van der Waals surface area contributed by atoms with Crippen molar-refractivity contribution in [3.05, 3.63) is 75.8 Å². The molecule has 0 spiro atoms. The van der Waals surface area contributed by atoms with Crippen LogP contribution in [0.2, 0.25) is 0 Å². The van der Waals surface area contributed by atoms with Crippen LogP contribution in [-0.4, -0.2) is 45.0 Å². The van der Waals surface area contributed by atoms with Gasteiger partial charge in [0.15, 0.2) is 5.78 Å². The summed E-state index contributed by atoms with van der Waals surface area (Å²) in [6.07, 6.45) is 2.54. The first-order chi connectivity index (χ1) is 15.9. The van der Waals surface area contributed by atoms with Crippen molar-refractivity contribution in [3.8, 4) is 0 Å². The first kappa shape index (κ1) is 21.0. The second-order valence-electron chi connectivity index (χ2n) is 8.80. The van der Waals surface area contributed by atoms with Crippen molar-refractivity contribution in [3.63, 3.8) is 0 Å². The number of fused-ring (bicyclic) bond motifs is 5. The number of ketones is 1. The minimum absolute atomic E-state index is 0.0919. The highest BCUT2D eigenvalue weighted by atomic mass is 16.6. The Bertz CT molecular complexity index is 1150. The monoisotopic (exact) mass is 447 g/mol. The fourth-order valence-corrected chi connectivity index (χ4v) is 5.67. The van der Waals surface area contributed by atoms with Gasteiger partial charge in [0.25, 0.3) is 23.4 Å². The van der Waals surface area contributed by atoms with Gasteiger partial charge in [-0.15, -0.1) is 0 Å². The van der Waals surface area contributed by atoms with Crippen LogP contribution in [0.3, 0.4) is 0 Å². The molecular formula is C24H21N3O6. The van der Waals surface area contributed by atoms with E-state index in [1.54, 1.807) is 30.3 Å². The van der Waals surface area contributed by atoms with E-state index in [0.29, 0.717) is 5.56 Å². The van der Waals surface area contributed by atoms with Gasteiger partial charge < -0.3 is 0 Å². The number of hydrazine groups is 1. The summed E-state index contributed by atoms with van der Waals surface area (Å²) in [6.45, 7) is -0.582. The standard InChI is InChI=1S/C24H21N3O6/c28-19(14-6-2-1-3-7-14)13-25(22(29)17-8-4-5-9-18(17)27(32)33)26-23(30)20-15-10-11-16(12-15)21(20)24(26)31/h1-9,15-16,20-21H,10-13H2/t15-,16-,20+,21+/m0/s1. The Morgan fingerprint density at radius 2 is 1.52 bits per heavy atom. The molecule has 3 amide bonds. The minimum Gasteiger partial charge on any atom is -0.292 e. The van der Waals surface area contributed by atoms with Crippen molar-refractivity contribution in [2.24, 2.45) is 23.7 Å². The van der Waals surface area contributed by atoms with Crippen molar-refractivity contribution >= 4 is 29.2 Å². The highest BCUT2D eigenvalue weighted by molar-refractivity contribution is 6.10. The van der Waals surface area contributed by atoms with Crippen molar-refractivity contribution in [2.75, 3.05) is 6.54 Å². The number of carbonyl (C=O) groups is 4. The number of amides is 3. The Labute approximate surface area is 189 Å². The van der Waals surface area contributed by atoms with Crippen molar-refractivity contribution < 1.29 is 24.1 Å². The number of hydrogen-bond donors (Lipinski definition) is 0. The predicted octanol–water partition coefficient (Wildman–Crippen LogP) is 2.87. The second kappa shape index (κ2) is 7.91. The lowest BCUT2D eigenvalue weighted by molar-refractivity contribution is -0.385. The zero-order chi connectivity index (χ0) is 23.3. The predicted molar refractivity (Wildman–Crippen MR) is 115 cm³/mol. The van der Waals surface area contributed by atoms with Gasteiger partial charge in [-0.1, -0.05) is 42.5 Å². The molecule has 168 valence electrons. The quantitative estimate of drug-likeness (QED) is 0.291. The van der Waals surface area contributed by atoms with E-state index in [0.717, 1.165) is 29.3 Å². The molecule has 5 rings (SSSR count). The van der Waals surface area contributed by atoms with Crippen LogP contribution in [0, 0.1) is 33.8 Å². The summed E-state index contributed by atoms with van der Waals surface area (Å²) in [7, 11) is 0. The number of imide groups is 1. The molecule has 3 fully saturated rings. The van der Waals surface area contributed by atoms with E-state index in [-0.39, 0.29) is 17.4 Å². The SMILES string of the molecule is O=C(CN(C(=O)c1ccccc1[N+](=O)[O-])N1C(=O)[C@@H]2[C@H]3CC[C@@H](C3)[C@H]2C1=O)c1ccccc1. The molecule has 2 bridgehead atoms. The summed E-state index contributed by atoms with van der Waals surface area (Å²) >= 11 is 0. The van der Waals surface area contributed by atoms with Crippen molar-refractivity contribution in [1.82, 2.24) is 10.0 Å². The van der Waals surface area contributed by atoms with E-state index in [1.807, 2.05) is 0 Å². The summed E-state index contributed by atoms with van der Waals surface area (Å²) in [5.74, 6) is -3.21. The molecule has 2 aliphatic carbocycles. The maximum atomic E-state index is 13.5. The van der Waals surface area contributed by atoms with Gasteiger partial charge in [-0.05, 0) is 37.2 Å². The number of nitro groups is 1. The highest BCUT2D eigenvalue weighted by Gasteiger charge is 2.62. The lowest BCUT2D eigenvalue weighted by Crippen LogP contribution is -2.52. The van der Waals surface area contributed by atoms with E-state index in [9.17, 15) is 29.3 Å². The van der Waals surface area contributed by atoms with E-state index in [1.165, 1.54) is 24.3 Å². The zero-order valence-electron chi connectivity index (χ0n) is 17.6. The zero-order valence-corrected chi connectivity index (χ0v) is 17.6. The number of rotatable bonds is 6. The first-order valence-corrected chi connectivity index (χ1v) is 10.9. The molecule has 2 aromatic carbocycles. The summed E-state index contributed by atoms with van der Waals surface area (Å²) in [4.78, 5) is 64.1. The number of Topliss-reactive ketones (excluding diaryl/α,β-unsaturated/α-hetero) is 1. The van der Waals surface area contributed by atoms with Gasteiger partial charge in [-0.25, -0.2) is 5.01 Å². The van der Waals surface area contributed by atoms with Gasteiger partial charge in [0.2, 0.25) is 0 Å². The maximum absolute atomic E-state index is 13.5. The summed E-state index contributed by atoms with van der Waals surface area (Å²) in [5, 5.41) is 13.1. The molecule has 0 radical (unpaired) electrons. The number of benzene rings is 2. The Kier molecular flexibility index (Phi) is 5.03. The minimum atomic E-state index is -0.930. The van der Waals surface area contributed by atoms with Crippen LogP contribution in [0.4, 0.5) is 5.69 Å². The Morgan fingerprint density at radius 3 is 2.12 bits per heavy atom. The third-order valence-corrected chi connectivity index (χ3v) is 7.10. The number of nitro benzene ring substituents is 1. The molecule has 9 nitrogen and oxygen atoms in total. The van der Waals surface area contributed by atoms with Gasteiger partial charge in [0.05, 0.1) is 16.8 Å². The molecule has 0 N–H and O–H groups in total. The number of para-hydroxylation sites is 1. The van der Waals surface area contributed by atoms with Gasteiger partial charge in [-0.3, -0.25) is 29.3 Å². The largest absolute Gasteiger partial charge is 0.292 e. The fourth-order valence-electron chi connectivity index (χ4n) is 5.67. The molecule has 0 unspecified atom stereocenters. The second-order valence-corrected chi connectivity index (χ2v) is 8.80. The van der Waals surface area contributed by atoms with Crippen molar-refractivity contribution in [1.29, 1.82) is 0 Å². The number of carbonyl (C=O) groups excluding carboxylic acids is 4. The van der Waals surface area contributed by atoms with Crippen LogP contribution in [0.5, 0.6) is 0 Å². The highest BCUT2D eigenvalue weighted by Crippen LogP contribution is 2.56. The molecule has 2 saturated carbocycles. The van der Waals surface area contributed by atoms with Gasteiger partial charge in [0.1, 0.15) is 12.1 Å². The molecule has 1 aliphatic heterocycles. The number of nitrogens with zero attached hydrogens (tertiary/aromatic N) is 3. The van der Waals surface area contributed by atoms with E-state index in [2.05, 4.69) is 0 Å². The normalized spacial score (nSPS) is 25.3. The van der Waals surface area contributed by atoms with Crippen LogP contribution in [-0.2, 0) is 9.59 Å². The summed E-state index contributed by atoms with van der Waals surface area (Å²) < 4.78 is 0. The fraction of sp³-hybridized carbons (Fsp3) is 0.333. The molecule has 9 heteroatoms. The maximum Gasteiger partial charge on any atom is 0.282 e. The Balaban J connectivity index is 1.54. The molecule has 1 saturated heterocycles. The van der Waals surface area contributed by atoms with E-state index in [4.69, 9.17) is 0 Å². The van der Waals surface area contributed by atoms with Crippen LogP contribution in [0.15, 0.2) is 54.6 Å². The lowest BCUT2D eigenvalue weighted by atomic mass is 9.81. The van der Waals surface area contributed by atoms with E-state index >= 15 is 0 Å². The van der Waals surface area contributed by atoms with Crippen LogP contribution < -0.4 is 0 Å². The molecule has 2 aromatic rings. The van der Waals surface area contributed by atoms with Gasteiger partial charge in [0, 0.05) is 11.6 Å². The summed E-state index contributed by atoms with van der Waals surface area (Å²) in [5.41, 5.74) is -0.444. The smallest absolute Gasteiger partial charge is 0.282 e. The van der Waals surface area contributed by atoms with Crippen LogP contribution in [0.1, 0.15) is 40.0 Å². The lowest BCUT2D eigenvalue weighted by Gasteiger charge is -2.30. The molecule has 1 heterocycles. The molecule has 33 heavy (non-hydrogen) atoms. The number of hydrogen-bond acceptors (Lipinski definition) is 6. The Morgan fingerprint density at radius 1 is 0.939 bits per heavy atom. The molecule has 3 aliphatic rings. The molecular weight excluding hydrogens is 426 g/mol. The average Bonchev–Trinajstić information content (AvgIpc) is 3.51. The van der Waals surface area contributed by atoms with E-state index < -0.39 is 52.5 Å². The van der Waals surface area contributed by atoms with Gasteiger partial charge in [-0.2, -0.15) is 5.01 Å². The van der Waals surface area contributed by atoms with Crippen LogP contribution in [0.25, 0.3) is 0 Å².